The third-order valence-corrected chi connectivity index (χ3v) is 5.59. The summed E-state index contributed by atoms with van der Waals surface area (Å²) in [7, 11) is 1.35. The normalized spacial score (nSPS) is 19.4. The van der Waals surface area contributed by atoms with Crippen LogP contribution in [0.25, 0.3) is 0 Å². The van der Waals surface area contributed by atoms with Gasteiger partial charge in [0.1, 0.15) is 11.9 Å². The Labute approximate surface area is 158 Å². The molecule has 2 aliphatic heterocycles. The van der Waals surface area contributed by atoms with Crippen LogP contribution < -0.4 is 0 Å². The number of ether oxygens (including phenoxy) is 1. The number of carbonyl (C=O) groups is 1. The number of amidine groups is 1. The minimum Gasteiger partial charge on any atom is -0.466 e. The molecule has 1 atom stereocenters. The van der Waals surface area contributed by atoms with Crippen molar-refractivity contribution in [1.29, 1.82) is 0 Å². The summed E-state index contributed by atoms with van der Waals surface area (Å²) in [6, 6.07) is 3.47. The number of allylic oxidation sites excluding steroid dienone is 1. The van der Waals surface area contributed by atoms with E-state index < -0.39 is 17.8 Å². The van der Waals surface area contributed by atoms with Gasteiger partial charge in [-0.25, -0.2) is 14.2 Å². The largest absolute Gasteiger partial charge is 0.466 e. The van der Waals surface area contributed by atoms with Crippen molar-refractivity contribution >= 4 is 34.7 Å². The highest BCUT2D eigenvalue weighted by molar-refractivity contribution is 7.11. The molecule has 1 fully saturated rings. The first-order valence-corrected chi connectivity index (χ1v) is 9.37. The van der Waals surface area contributed by atoms with Crippen molar-refractivity contribution in [2.75, 3.05) is 13.7 Å². The van der Waals surface area contributed by atoms with Crippen molar-refractivity contribution in [3.8, 4) is 0 Å². The smallest absolute Gasteiger partial charge is 0.338 e. The van der Waals surface area contributed by atoms with E-state index in [0.29, 0.717) is 17.0 Å². The number of hydrogen-bond acceptors (Lipinski definition) is 6. The van der Waals surface area contributed by atoms with Crippen molar-refractivity contribution in [3.05, 3.63) is 62.5 Å². The minimum absolute atomic E-state index is 0.227. The average Bonchev–Trinajstić information content (AvgIpc) is 3.31. The molecule has 8 heteroatoms. The Morgan fingerprint density at radius 2 is 2.31 bits per heavy atom. The molecule has 0 amide bonds. The van der Waals surface area contributed by atoms with Crippen molar-refractivity contribution in [2.24, 2.45) is 4.99 Å². The van der Waals surface area contributed by atoms with Gasteiger partial charge in [0.15, 0.2) is 10.8 Å². The number of nitrogens with zero attached hydrogens (tertiary/aromatic N) is 3. The van der Waals surface area contributed by atoms with Crippen LogP contribution >= 0.6 is 22.9 Å². The van der Waals surface area contributed by atoms with Crippen molar-refractivity contribution < 1.29 is 13.9 Å². The molecule has 2 aromatic rings. The number of methoxy groups -OCH3 is 1. The molecule has 3 heterocycles. The molecule has 2 aliphatic rings. The fraction of sp³-hybridized carbons (Fsp3) is 0.278. The zero-order valence-electron chi connectivity index (χ0n) is 13.9. The highest BCUT2D eigenvalue weighted by Crippen LogP contribution is 2.42. The standard InChI is InChI=1S/C18H15ClFN3O2S/c1-25-18(24)14-13-3-2-7-23(13)16(17-21-6-8-26-17)22-15(14)11-5-4-10(20)9-12(11)19/h4-6,8-9,15H,2-3,7H2,1H3. The molecule has 1 unspecified atom stereocenters. The maximum Gasteiger partial charge on any atom is 0.338 e. The van der Waals surface area contributed by atoms with Gasteiger partial charge in [0.2, 0.25) is 0 Å². The van der Waals surface area contributed by atoms with Crippen molar-refractivity contribution in [2.45, 2.75) is 18.9 Å². The number of aliphatic imine (C=N–C) groups is 1. The van der Waals surface area contributed by atoms with E-state index >= 15 is 0 Å². The van der Waals surface area contributed by atoms with Gasteiger partial charge in [-0.15, -0.1) is 11.3 Å². The van der Waals surface area contributed by atoms with Gasteiger partial charge in [0, 0.05) is 34.4 Å². The third-order valence-electron chi connectivity index (χ3n) is 4.50. The Hall–Kier alpha value is -2.25. The molecule has 1 aromatic carbocycles. The number of fused-ring (bicyclic) bond motifs is 1. The maximum atomic E-state index is 13.5. The van der Waals surface area contributed by atoms with Gasteiger partial charge in [0.25, 0.3) is 0 Å². The fourth-order valence-corrected chi connectivity index (χ4v) is 4.31. The first kappa shape index (κ1) is 17.2. The van der Waals surface area contributed by atoms with Crippen LogP contribution in [-0.2, 0) is 9.53 Å². The Kier molecular flexibility index (Phi) is 4.50. The first-order chi connectivity index (χ1) is 12.6. The number of thiazole rings is 1. The second-order valence-electron chi connectivity index (χ2n) is 5.97. The van der Waals surface area contributed by atoms with Crippen LogP contribution in [0.15, 0.2) is 46.0 Å². The monoisotopic (exact) mass is 391 g/mol. The number of esters is 1. The third kappa shape index (κ3) is 2.81. The number of carbonyl (C=O) groups excluding carboxylic acids is 1. The molecule has 134 valence electrons. The lowest BCUT2D eigenvalue weighted by atomic mass is 9.94. The number of aromatic nitrogens is 1. The van der Waals surface area contributed by atoms with Gasteiger partial charge in [-0.1, -0.05) is 17.7 Å². The van der Waals surface area contributed by atoms with Crippen LogP contribution in [0.3, 0.4) is 0 Å². The Bertz CT molecular complexity index is 927. The van der Waals surface area contributed by atoms with Gasteiger partial charge >= 0.3 is 5.97 Å². The lowest BCUT2D eigenvalue weighted by molar-refractivity contribution is -0.136. The second kappa shape index (κ2) is 6.81. The summed E-state index contributed by atoms with van der Waals surface area (Å²) in [5.74, 6) is -0.168. The van der Waals surface area contributed by atoms with Gasteiger partial charge in [-0.05, 0) is 25.0 Å². The Morgan fingerprint density at radius 3 is 3.00 bits per heavy atom. The Balaban J connectivity index is 1.92. The summed E-state index contributed by atoms with van der Waals surface area (Å²) in [6.07, 6.45) is 3.37. The highest BCUT2D eigenvalue weighted by atomic mass is 35.5. The molecular weight excluding hydrogens is 377 g/mol. The molecular formula is C18H15ClFN3O2S. The first-order valence-electron chi connectivity index (χ1n) is 8.11. The molecule has 4 rings (SSSR count). The predicted molar refractivity (Wildman–Crippen MR) is 97.8 cm³/mol. The molecule has 0 N–H and O–H groups in total. The van der Waals surface area contributed by atoms with E-state index in [2.05, 4.69) is 4.98 Å². The predicted octanol–water partition coefficient (Wildman–Crippen LogP) is 3.96. The average molecular weight is 392 g/mol. The lowest BCUT2D eigenvalue weighted by Gasteiger charge is -2.31. The van der Waals surface area contributed by atoms with Gasteiger partial charge in [0.05, 0.1) is 12.7 Å². The summed E-state index contributed by atoms with van der Waals surface area (Å²) in [6.45, 7) is 0.762. The molecule has 0 radical (unpaired) electrons. The van der Waals surface area contributed by atoms with Crippen LogP contribution in [0.5, 0.6) is 0 Å². The van der Waals surface area contributed by atoms with Crippen LogP contribution in [-0.4, -0.2) is 35.3 Å². The van der Waals surface area contributed by atoms with Crippen LogP contribution in [0.1, 0.15) is 29.5 Å². The summed E-state index contributed by atoms with van der Waals surface area (Å²) in [4.78, 5) is 23.8. The van der Waals surface area contributed by atoms with Gasteiger partial charge in [-0.2, -0.15) is 0 Å². The van der Waals surface area contributed by atoms with Crippen molar-refractivity contribution in [3.63, 3.8) is 0 Å². The molecule has 0 aliphatic carbocycles. The van der Waals surface area contributed by atoms with E-state index in [0.717, 1.165) is 30.1 Å². The number of halogens is 2. The molecule has 0 spiro atoms. The van der Waals surface area contributed by atoms with Crippen molar-refractivity contribution in [1.82, 2.24) is 9.88 Å². The summed E-state index contributed by atoms with van der Waals surface area (Å²) >= 11 is 7.76. The molecule has 0 bridgehead atoms. The number of benzene rings is 1. The maximum absolute atomic E-state index is 13.5. The van der Waals surface area contributed by atoms with Gasteiger partial charge < -0.3 is 9.64 Å². The molecule has 26 heavy (non-hydrogen) atoms. The van der Waals surface area contributed by atoms with E-state index in [1.54, 1.807) is 12.3 Å². The number of rotatable bonds is 3. The van der Waals surface area contributed by atoms with E-state index in [9.17, 15) is 9.18 Å². The molecule has 1 aromatic heterocycles. The van der Waals surface area contributed by atoms with Crippen LogP contribution in [0, 0.1) is 5.82 Å². The van der Waals surface area contributed by atoms with E-state index in [1.807, 2.05) is 10.3 Å². The Morgan fingerprint density at radius 1 is 1.46 bits per heavy atom. The second-order valence-corrected chi connectivity index (χ2v) is 7.27. The minimum atomic E-state index is -0.654. The molecule has 1 saturated heterocycles. The van der Waals surface area contributed by atoms with Crippen LogP contribution in [0.2, 0.25) is 5.02 Å². The van der Waals surface area contributed by atoms with Crippen LogP contribution in [0.4, 0.5) is 4.39 Å². The summed E-state index contributed by atoms with van der Waals surface area (Å²) < 4.78 is 18.5. The SMILES string of the molecule is COC(=O)C1=C2CCCN2C(c2nccs2)=NC1c1ccc(F)cc1Cl. The molecule has 0 saturated carbocycles. The highest BCUT2D eigenvalue weighted by Gasteiger charge is 2.39. The quantitative estimate of drug-likeness (QED) is 0.743. The van der Waals surface area contributed by atoms with E-state index in [-0.39, 0.29) is 5.02 Å². The number of hydrogen-bond donors (Lipinski definition) is 0. The fourth-order valence-electron chi connectivity index (χ4n) is 3.39. The zero-order valence-corrected chi connectivity index (χ0v) is 15.5. The van der Waals surface area contributed by atoms with E-state index in [1.165, 1.54) is 30.6 Å². The lowest BCUT2D eigenvalue weighted by Crippen LogP contribution is -2.35. The molecule has 5 nitrogen and oxygen atoms in total. The zero-order chi connectivity index (χ0) is 18.3. The topological polar surface area (TPSA) is 54.8 Å². The summed E-state index contributed by atoms with van der Waals surface area (Å²) in [5, 5.41) is 2.88. The van der Waals surface area contributed by atoms with Gasteiger partial charge in [-0.3, -0.25) is 4.99 Å². The van der Waals surface area contributed by atoms with E-state index in [4.69, 9.17) is 21.3 Å². The summed E-state index contributed by atoms with van der Waals surface area (Å²) in [5.41, 5.74) is 1.91.